The summed E-state index contributed by atoms with van der Waals surface area (Å²) in [6.45, 7) is 0. The van der Waals surface area contributed by atoms with Crippen molar-refractivity contribution in [2.75, 3.05) is 0 Å². The van der Waals surface area contributed by atoms with E-state index in [2.05, 4.69) is 4.98 Å². The summed E-state index contributed by atoms with van der Waals surface area (Å²) < 4.78 is 38.0. The van der Waals surface area contributed by atoms with E-state index in [9.17, 15) is 18.4 Å². The summed E-state index contributed by atoms with van der Waals surface area (Å²) in [7, 11) is 0. The second-order valence-electron chi connectivity index (χ2n) is 4.08. The number of halogens is 4. The molecule has 0 saturated carbocycles. The molecule has 0 aliphatic rings. The minimum absolute atomic E-state index is 0.0459. The fourth-order valence-corrected chi connectivity index (χ4v) is 1.98. The van der Waals surface area contributed by atoms with Gasteiger partial charge in [0.05, 0.1) is 17.3 Å². The van der Waals surface area contributed by atoms with Gasteiger partial charge in [-0.3, -0.25) is 4.98 Å². The van der Waals surface area contributed by atoms with Crippen molar-refractivity contribution in [2.45, 2.75) is 12.1 Å². The quantitative estimate of drug-likeness (QED) is 0.823. The molecule has 0 radical (unpaired) electrons. The first-order valence-electron chi connectivity index (χ1n) is 5.60. The van der Waals surface area contributed by atoms with E-state index in [-0.39, 0.29) is 5.69 Å². The molecule has 0 spiro atoms. The van der Waals surface area contributed by atoms with E-state index in [4.69, 9.17) is 11.6 Å². The summed E-state index contributed by atoms with van der Waals surface area (Å²) in [5, 5.41) is 9.61. The van der Waals surface area contributed by atoms with Crippen molar-refractivity contribution in [3.63, 3.8) is 0 Å². The summed E-state index contributed by atoms with van der Waals surface area (Å²) >= 11 is 5.83. The van der Waals surface area contributed by atoms with E-state index < -0.39 is 17.7 Å². The molecule has 0 saturated heterocycles. The Labute approximate surface area is 118 Å². The number of benzene rings is 1. The third-order valence-electron chi connectivity index (χ3n) is 2.72. The second kappa shape index (κ2) is 5.51. The van der Waals surface area contributed by atoms with E-state index in [1.165, 1.54) is 6.07 Å². The SMILES string of the molecule is N#CC(c1cccc(Cl)c1)c1cc(C(F)(F)F)ccn1. The molecule has 2 aromatic rings. The maximum absolute atomic E-state index is 12.7. The zero-order valence-corrected chi connectivity index (χ0v) is 10.8. The Balaban J connectivity index is 2.46. The lowest BCUT2D eigenvalue weighted by Crippen LogP contribution is -2.08. The molecule has 20 heavy (non-hydrogen) atoms. The average Bonchev–Trinajstić information content (AvgIpc) is 2.39. The number of nitrogens with zero attached hydrogens (tertiary/aromatic N) is 2. The Kier molecular flexibility index (Phi) is 3.96. The minimum atomic E-state index is -4.47. The second-order valence-corrected chi connectivity index (χ2v) is 4.52. The molecule has 1 heterocycles. The molecule has 1 aromatic heterocycles. The van der Waals surface area contributed by atoms with Crippen LogP contribution in [0.3, 0.4) is 0 Å². The van der Waals surface area contributed by atoms with Crippen LogP contribution in [-0.2, 0) is 6.18 Å². The van der Waals surface area contributed by atoms with Gasteiger partial charge in [-0.05, 0) is 29.8 Å². The Morgan fingerprint density at radius 3 is 2.55 bits per heavy atom. The van der Waals surface area contributed by atoms with Gasteiger partial charge in [-0.1, -0.05) is 23.7 Å². The standard InChI is InChI=1S/C14H8ClF3N2/c15-11-3-1-2-9(6-11)12(8-19)13-7-10(4-5-20-13)14(16,17)18/h1-7,12H. The summed E-state index contributed by atoms with van der Waals surface area (Å²) in [6.07, 6.45) is -3.42. The zero-order valence-electron chi connectivity index (χ0n) is 10.0. The Morgan fingerprint density at radius 2 is 1.95 bits per heavy atom. The smallest absolute Gasteiger partial charge is 0.260 e. The number of nitriles is 1. The van der Waals surface area contributed by atoms with Crippen LogP contribution in [0.15, 0.2) is 42.6 Å². The summed E-state index contributed by atoms with van der Waals surface area (Å²) in [6, 6.07) is 10.1. The maximum Gasteiger partial charge on any atom is 0.416 e. The normalized spacial score (nSPS) is 12.8. The van der Waals surface area contributed by atoms with Crippen molar-refractivity contribution < 1.29 is 13.2 Å². The molecule has 0 aliphatic heterocycles. The van der Waals surface area contributed by atoms with Crippen molar-refractivity contribution in [1.82, 2.24) is 4.98 Å². The summed E-state index contributed by atoms with van der Waals surface area (Å²) in [5.74, 6) is -0.893. The van der Waals surface area contributed by atoms with Crippen LogP contribution in [0.1, 0.15) is 22.7 Å². The van der Waals surface area contributed by atoms with E-state index in [1.807, 2.05) is 6.07 Å². The van der Waals surface area contributed by atoms with Gasteiger partial charge in [-0.2, -0.15) is 18.4 Å². The molecule has 1 atom stereocenters. The summed E-state index contributed by atoms with van der Waals surface area (Å²) in [5.41, 5.74) is -0.277. The van der Waals surface area contributed by atoms with Crippen LogP contribution in [0.5, 0.6) is 0 Å². The van der Waals surface area contributed by atoms with Gasteiger partial charge < -0.3 is 0 Å². The molecular weight excluding hydrogens is 289 g/mol. The first-order chi connectivity index (χ1) is 9.41. The highest BCUT2D eigenvalue weighted by Gasteiger charge is 2.31. The largest absolute Gasteiger partial charge is 0.416 e. The molecule has 0 N–H and O–H groups in total. The maximum atomic E-state index is 12.7. The molecule has 102 valence electrons. The first kappa shape index (κ1) is 14.4. The van der Waals surface area contributed by atoms with Crippen LogP contribution in [0, 0.1) is 11.3 Å². The lowest BCUT2D eigenvalue weighted by atomic mass is 9.96. The Hall–Kier alpha value is -2.06. The lowest BCUT2D eigenvalue weighted by Gasteiger charge is -2.12. The molecular formula is C14H8ClF3N2. The van der Waals surface area contributed by atoms with Gasteiger partial charge >= 0.3 is 6.18 Å². The molecule has 0 fully saturated rings. The van der Waals surface area contributed by atoms with Crippen LogP contribution >= 0.6 is 11.6 Å². The third kappa shape index (κ3) is 3.09. The average molecular weight is 297 g/mol. The van der Waals surface area contributed by atoms with Crippen molar-refractivity contribution in [3.8, 4) is 6.07 Å². The van der Waals surface area contributed by atoms with Gasteiger partial charge in [-0.15, -0.1) is 0 Å². The van der Waals surface area contributed by atoms with Gasteiger partial charge in [0, 0.05) is 11.2 Å². The van der Waals surface area contributed by atoms with E-state index in [1.54, 1.807) is 18.2 Å². The van der Waals surface area contributed by atoms with Gasteiger partial charge in [0.15, 0.2) is 0 Å². The molecule has 1 unspecified atom stereocenters. The Bertz CT molecular complexity index is 662. The zero-order chi connectivity index (χ0) is 14.8. The predicted molar refractivity (Wildman–Crippen MR) is 68.1 cm³/mol. The lowest BCUT2D eigenvalue weighted by molar-refractivity contribution is -0.137. The molecule has 0 bridgehead atoms. The molecule has 2 nitrogen and oxygen atoms in total. The molecule has 2 rings (SSSR count). The minimum Gasteiger partial charge on any atom is -0.260 e. The van der Waals surface area contributed by atoms with Gasteiger partial charge in [0.1, 0.15) is 5.92 Å². The van der Waals surface area contributed by atoms with Crippen molar-refractivity contribution in [2.24, 2.45) is 0 Å². The van der Waals surface area contributed by atoms with Crippen LogP contribution in [0.25, 0.3) is 0 Å². The number of pyridine rings is 1. The fraction of sp³-hybridized carbons (Fsp3) is 0.143. The molecule has 0 amide bonds. The molecule has 0 aliphatic carbocycles. The van der Waals surface area contributed by atoms with Crippen molar-refractivity contribution >= 4 is 11.6 Å². The number of hydrogen-bond acceptors (Lipinski definition) is 2. The highest BCUT2D eigenvalue weighted by atomic mass is 35.5. The van der Waals surface area contributed by atoms with E-state index >= 15 is 0 Å². The van der Waals surface area contributed by atoms with Crippen LogP contribution in [-0.4, -0.2) is 4.98 Å². The van der Waals surface area contributed by atoms with E-state index in [0.717, 1.165) is 18.3 Å². The molecule has 1 aromatic carbocycles. The highest BCUT2D eigenvalue weighted by molar-refractivity contribution is 6.30. The molecule has 6 heteroatoms. The number of rotatable bonds is 2. The topological polar surface area (TPSA) is 36.7 Å². The number of alkyl halides is 3. The monoisotopic (exact) mass is 296 g/mol. The first-order valence-corrected chi connectivity index (χ1v) is 5.98. The van der Waals surface area contributed by atoms with Crippen molar-refractivity contribution in [3.05, 3.63) is 64.4 Å². The van der Waals surface area contributed by atoms with Gasteiger partial charge in [0.2, 0.25) is 0 Å². The number of hydrogen-bond donors (Lipinski definition) is 0. The van der Waals surface area contributed by atoms with Crippen LogP contribution in [0.2, 0.25) is 5.02 Å². The third-order valence-corrected chi connectivity index (χ3v) is 2.95. The Morgan fingerprint density at radius 1 is 1.20 bits per heavy atom. The highest BCUT2D eigenvalue weighted by Crippen LogP contribution is 2.32. The van der Waals surface area contributed by atoms with Crippen LogP contribution in [0.4, 0.5) is 13.2 Å². The van der Waals surface area contributed by atoms with Gasteiger partial charge in [-0.25, -0.2) is 0 Å². The fourth-order valence-electron chi connectivity index (χ4n) is 1.78. The van der Waals surface area contributed by atoms with Crippen molar-refractivity contribution in [1.29, 1.82) is 5.26 Å². The number of aromatic nitrogens is 1. The van der Waals surface area contributed by atoms with E-state index in [0.29, 0.717) is 10.6 Å². The van der Waals surface area contributed by atoms with Crippen LogP contribution < -0.4 is 0 Å². The predicted octanol–water partition coefficient (Wildman–Crippen LogP) is 4.41. The summed E-state index contributed by atoms with van der Waals surface area (Å²) in [4.78, 5) is 3.86. The van der Waals surface area contributed by atoms with Gasteiger partial charge in [0.25, 0.3) is 0 Å².